The van der Waals surface area contributed by atoms with E-state index in [1.807, 2.05) is 0 Å². The average Bonchev–Trinajstić information content (AvgIpc) is 2.26. The van der Waals surface area contributed by atoms with Crippen molar-refractivity contribution in [2.75, 3.05) is 6.54 Å². The van der Waals surface area contributed by atoms with Crippen molar-refractivity contribution in [1.82, 2.24) is 9.88 Å². The predicted molar refractivity (Wildman–Crippen MR) is 58.1 cm³/mol. The van der Waals surface area contributed by atoms with Crippen molar-refractivity contribution in [2.24, 2.45) is 11.5 Å². The van der Waals surface area contributed by atoms with E-state index in [1.165, 1.54) is 11.0 Å². The molecule has 1 aromatic heterocycles. The second kappa shape index (κ2) is 3.93. The number of pyridine rings is 1. The van der Waals surface area contributed by atoms with Crippen LogP contribution in [0.1, 0.15) is 21.7 Å². The molecule has 2 rings (SSSR count). The maximum atomic E-state index is 11.0. The average molecular weight is 236 g/mol. The lowest BCUT2D eigenvalue weighted by Crippen LogP contribution is -2.40. The Bertz CT molecular complexity index is 501. The Morgan fingerprint density at radius 2 is 2.12 bits per heavy atom. The molecule has 2 heterocycles. The van der Waals surface area contributed by atoms with E-state index in [0.29, 0.717) is 24.2 Å². The van der Waals surface area contributed by atoms with Crippen LogP contribution in [-0.4, -0.2) is 33.5 Å². The molecular weight excluding hydrogens is 224 g/mol. The second-order valence-electron chi connectivity index (χ2n) is 3.84. The van der Waals surface area contributed by atoms with Crippen molar-refractivity contribution >= 4 is 11.9 Å². The van der Waals surface area contributed by atoms with Gasteiger partial charge in [-0.2, -0.15) is 0 Å². The van der Waals surface area contributed by atoms with E-state index in [9.17, 15) is 14.7 Å². The van der Waals surface area contributed by atoms with E-state index in [2.05, 4.69) is 4.98 Å². The quantitative estimate of drug-likeness (QED) is 0.597. The second-order valence-corrected chi connectivity index (χ2v) is 3.84. The summed E-state index contributed by atoms with van der Waals surface area (Å²) in [5.74, 6) is -1.05. The molecule has 90 valence electrons. The highest BCUT2D eigenvalue weighted by atomic mass is 16.3. The third-order valence-corrected chi connectivity index (χ3v) is 2.70. The Balaban J connectivity index is 2.38. The van der Waals surface area contributed by atoms with Crippen LogP contribution in [0.5, 0.6) is 5.75 Å². The molecular formula is C10H12N4O3. The van der Waals surface area contributed by atoms with Crippen LogP contribution in [-0.2, 0) is 13.0 Å². The normalized spacial score (nSPS) is 14.2. The van der Waals surface area contributed by atoms with Crippen molar-refractivity contribution < 1.29 is 14.7 Å². The maximum absolute atomic E-state index is 11.0. The molecule has 5 N–H and O–H groups in total. The highest BCUT2D eigenvalue weighted by molar-refractivity contribution is 5.93. The first-order valence-electron chi connectivity index (χ1n) is 5.05. The van der Waals surface area contributed by atoms with Gasteiger partial charge in [0, 0.05) is 25.2 Å². The number of hydrogen-bond donors (Lipinski definition) is 3. The van der Waals surface area contributed by atoms with Gasteiger partial charge in [-0.15, -0.1) is 0 Å². The monoisotopic (exact) mass is 236 g/mol. The minimum Gasteiger partial charge on any atom is -0.505 e. The number of nitrogens with two attached hydrogens (primary N) is 2. The van der Waals surface area contributed by atoms with Crippen molar-refractivity contribution in [1.29, 1.82) is 0 Å². The minimum atomic E-state index is -0.775. The molecule has 0 fully saturated rings. The van der Waals surface area contributed by atoms with Crippen molar-refractivity contribution in [3.63, 3.8) is 0 Å². The van der Waals surface area contributed by atoms with Gasteiger partial charge in [-0.05, 0) is 11.6 Å². The van der Waals surface area contributed by atoms with Gasteiger partial charge in [0.25, 0.3) is 5.91 Å². The predicted octanol–water partition coefficient (Wildman–Crippen LogP) is -0.677. The molecule has 1 aliphatic heterocycles. The lowest BCUT2D eigenvalue weighted by molar-refractivity contribution is 0.0992. The van der Waals surface area contributed by atoms with Crippen LogP contribution in [0.2, 0.25) is 0 Å². The highest BCUT2D eigenvalue weighted by Crippen LogP contribution is 2.23. The van der Waals surface area contributed by atoms with E-state index >= 15 is 0 Å². The third-order valence-electron chi connectivity index (χ3n) is 2.70. The summed E-state index contributed by atoms with van der Waals surface area (Å²) in [5, 5.41) is 9.56. The summed E-state index contributed by atoms with van der Waals surface area (Å²) in [4.78, 5) is 27.5. The molecule has 0 saturated carbocycles. The smallest absolute Gasteiger partial charge is 0.315 e. The van der Waals surface area contributed by atoms with Crippen LogP contribution in [0.4, 0.5) is 4.79 Å². The van der Waals surface area contributed by atoms with E-state index < -0.39 is 11.9 Å². The lowest BCUT2D eigenvalue weighted by Gasteiger charge is -2.26. The fraction of sp³-hybridized carbons (Fsp3) is 0.300. The van der Waals surface area contributed by atoms with Gasteiger partial charge in [0.1, 0.15) is 5.75 Å². The molecule has 0 bridgehead atoms. The van der Waals surface area contributed by atoms with Gasteiger partial charge >= 0.3 is 6.03 Å². The molecule has 0 aromatic carbocycles. The summed E-state index contributed by atoms with van der Waals surface area (Å²) in [6, 6.07) is 0.881. The Hall–Kier alpha value is -2.31. The van der Waals surface area contributed by atoms with Crippen LogP contribution >= 0.6 is 0 Å². The molecule has 3 amide bonds. The zero-order valence-electron chi connectivity index (χ0n) is 9.01. The molecule has 7 nitrogen and oxygen atoms in total. The summed E-state index contributed by atoms with van der Waals surface area (Å²) < 4.78 is 0. The molecule has 0 spiro atoms. The van der Waals surface area contributed by atoms with Crippen LogP contribution < -0.4 is 11.5 Å². The maximum Gasteiger partial charge on any atom is 0.315 e. The molecule has 0 atom stereocenters. The first kappa shape index (κ1) is 11.2. The zero-order chi connectivity index (χ0) is 12.6. The number of nitrogens with zero attached hydrogens (tertiary/aromatic N) is 2. The van der Waals surface area contributed by atoms with Gasteiger partial charge in [0.2, 0.25) is 0 Å². The van der Waals surface area contributed by atoms with Crippen LogP contribution in [0.15, 0.2) is 6.07 Å². The Kier molecular flexibility index (Phi) is 2.58. The number of hydrogen-bond acceptors (Lipinski definition) is 4. The largest absolute Gasteiger partial charge is 0.505 e. The first-order chi connectivity index (χ1) is 7.99. The molecule has 7 heteroatoms. The Morgan fingerprint density at radius 1 is 1.41 bits per heavy atom. The molecule has 17 heavy (non-hydrogen) atoms. The number of carbonyl (C=O) groups excluding carboxylic acids is 2. The Morgan fingerprint density at radius 3 is 2.71 bits per heavy atom. The van der Waals surface area contributed by atoms with E-state index in [4.69, 9.17) is 11.5 Å². The van der Waals surface area contributed by atoms with Gasteiger partial charge in [-0.3, -0.25) is 4.79 Å². The van der Waals surface area contributed by atoms with E-state index in [1.54, 1.807) is 0 Å². The minimum absolute atomic E-state index is 0.142. The SMILES string of the molecule is NC(=O)c1nc2c(cc1O)CN(C(N)=O)CC2. The number of aromatic nitrogens is 1. The fourth-order valence-corrected chi connectivity index (χ4v) is 1.83. The van der Waals surface area contributed by atoms with Crippen molar-refractivity contribution in [3.8, 4) is 5.75 Å². The summed E-state index contributed by atoms with van der Waals surface area (Å²) >= 11 is 0. The van der Waals surface area contributed by atoms with Crippen molar-refractivity contribution in [2.45, 2.75) is 13.0 Å². The van der Waals surface area contributed by atoms with Crippen LogP contribution in [0, 0.1) is 0 Å². The van der Waals surface area contributed by atoms with Gasteiger partial charge in [-0.25, -0.2) is 9.78 Å². The highest BCUT2D eigenvalue weighted by Gasteiger charge is 2.22. The summed E-state index contributed by atoms with van der Waals surface area (Å²) in [6.07, 6.45) is 0.485. The Labute approximate surface area is 97.0 Å². The molecule has 0 aliphatic carbocycles. The van der Waals surface area contributed by atoms with Gasteiger partial charge in [0.05, 0.1) is 0 Å². The van der Waals surface area contributed by atoms with Gasteiger partial charge in [-0.1, -0.05) is 0 Å². The fourth-order valence-electron chi connectivity index (χ4n) is 1.83. The number of carbonyl (C=O) groups is 2. The summed E-state index contributed by atoms with van der Waals surface area (Å²) in [6.45, 7) is 0.725. The number of rotatable bonds is 1. The van der Waals surface area contributed by atoms with Gasteiger partial charge < -0.3 is 21.5 Å². The molecule has 0 saturated heterocycles. The van der Waals surface area contributed by atoms with Gasteiger partial charge in [0.15, 0.2) is 5.69 Å². The number of aromatic hydroxyl groups is 1. The summed E-state index contributed by atoms with van der Waals surface area (Å²) in [7, 11) is 0. The summed E-state index contributed by atoms with van der Waals surface area (Å²) in [5.41, 5.74) is 11.4. The molecule has 0 unspecified atom stereocenters. The van der Waals surface area contributed by atoms with Crippen LogP contribution in [0.3, 0.4) is 0 Å². The molecule has 1 aromatic rings. The van der Waals surface area contributed by atoms with E-state index in [0.717, 1.165) is 0 Å². The number of urea groups is 1. The number of fused-ring (bicyclic) bond motifs is 1. The third kappa shape index (κ3) is 1.99. The van der Waals surface area contributed by atoms with Crippen LogP contribution in [0.25, 0.3) is 0 Å². The molecule has 0 radical (unpaired) electrons. The lowest BCUT2D eigenvalue weighted by atomic mass is 10.0. The molecule has 1 aliphatic rings. The topological polar surface area (TPSA) is 123 Å². The first-order valence-corrected chi connectivity index (χ1v) is 5.05. The standard InChI is InChI=1S/C10H12N4O3/c11-9(16)8-7(15)3-5-4-14(10(12)17)2-1-6(5)13-8/h3,15H,1-2,4H2,(H2,11,16)(H2,12,17). The zero-order valence-corrected chi connectivity index (χ0v) is 9.01. The van der Waals surface area contributed by atoms with E-state index in [-0.39, 0.29) is 18.0 Å². The van der Waals surface area contributed by atoms with Crippen molar-refractivity contribution in [3.05, 3.63) is 23.0 Å². The number of primary amides is 2. The number of amides is 3.